The molecule has 1 aliphatic heterocycles. The molecule has 0 amide bonds. The van der Waals surface area contributed by atoms with Gasteiger partial charge in [-0.25, -0.2) is 9.66 Å². The van der Waals surface area contributed by atoms with Gasteiger partial charge in [-0.2, -0.15) is 0 Å². The molecule has 2 aromatic rings. The first-order valence-electron chi connectivity index (χ1n) is 6.43. The Balaban J connectivity index is 2.33. The highest BCUT2D eigenvalue weighted by molar-refractivity contribution is 7.18. The smallest absolute Gasteiger partial charge is 0.280 e. The van der Waals surface area contributed by atoms with Gasteiger partial charge in [0.05, 0.1) is 18.1 Å². The van der Waals surface area contributed by atoms with E-state index < -0.39 is 0 Å². The fourth-order valence-electron chi connectivity index (χ4n) is 2.48. The van der Waals surface area contributed by atoms with Gasteiger partial charge in [0.2, 0.25) is 0 Å². The van der Waals surface area contributed by atoms with E-state index in [0.717, 1.165) is 21.7 Å². The topological polar surface area (TPSA) is 70.1 Å². The summed E-state index contributed by atoms with van der Waals surface area (Å²) in [6.45, 7) is 6.55. The molecule has 0 spiro atoms. The number of hydrogen-bond acceptors (Lipinski definition) is 5. The highest BCUT2D eigenvalue weighted by Crippen LogP contribution is 2.33. The van der Waals surface area contributed by atoms with Crippen LogP contribution in [0, 0.1) is 0 Å². The molecule has 0 saturated heterocycles. The molecular weight excluding hydrogens is 262 g/mol. The molecular formula is C13H17N3O2S. The maximum absolute atomic E-state index is 12.5. The number of aromatic nitrogens is 2. The van der Waals surface area contributed by atoms with E-state index in [2.05, 4.69) is 4.98 Å². The molecule has 0 aromatic carbocycles. The number of nitrogens with two attached hydrogens (primary N) is 1. The Morgan fingerprint density at radius 3 is 2.95 bits per heavy atom. The monoisotopic (exact) mass is 279 g/mol. The van der Waals surface area contributed by atoms with E-state index in [1.54, 1.807) is 11.3 Å². The van der Waals surface area contributed by atoms with Gasteiger partial charge >= 0.3 is 0 Å². The van der Waals surface area contributed by atoms with Gasteiger partial charge in [-0.3, -0.25) is 4.79 Å². The third kappa shape index (κ3) is 1.86. The van der Waals surface area contributed by atoms with Crippen molar-refractivity contribution in [2.75, 3.05) is 5.84 Å². The minimum Gasteiger partial charge on any atom is -0.373 e. The van der Waals surface area contributed by atoms with Crippen LogP contribution in [0.5, 0.6) is 0 Å². The number of nitrogen functional groups attached to an aromatic ring is 1. The first kappa shape index (κ1) is 12.6. The predicted molar refractivity (Wildman–Crippen MR) is 76.1 cm³/mol. The van der Waals surface area contributed by atoms with Gasteiger partial charge in [0.15, 0.2) is 0 Å². The summed E-state index contributed by atoms with van der Waals surface area (Å²) < 4.78 is 6.82. The summed E-state index contributed by atoms with van der Waals surface area (Å²) in [5.74, 6) is 6.64. The predicted octanol–water partition coefficient (Wildman–Crippen LogP) is 1.76. The van der Waals surface area contributed by atoms with E-state index >= 15 is 0 Å². The molecule has 0 radical (unpaired) electrons. The molecule has 2 N–H and O–H groups in total. The van der Waals surface area contributed by atoms with Crippen LogP contribution in [-0.2, 0) is 17.8 Å². The summed E-state index contributed by atoms with van der Waals surface area (Å²) in [5.41, 5.74) is 0.936. The summed E-state index contributed by atoms with van der Waals surface area (Å²) in [4.78, 5) is 18.9. The van der Waals surface area contributed by atoms with Crippen molar-refractivity contribution in [1.29, 1.82) is 0 Å². The number of thiophene rings is 1. The third-order valence-corrected chi connectivity index (χ3v) is 4.57. The molecule has 2 aromatic heterocycles. The molecule has 102 valence electrons. The number of rotatable bonds is 1. The summed E-state index contributed by atoms with van der Waals surface area (Å²) in [6.07, 6.45) is 0.897. The standard InChI is InChI=1S/C13H17N3O2S/c1-6(2)11-15-12-10(13(17)16(11)14)8-4-7(3)18-5-9(8)19-12/h6-7H,4-5,14H2,1-3H3/t7-/m1/s1. The Morgan fingerprint density at radius 1 is 1.53 bits per heavy atom. The summed E-state index contributed by atoms with van der Waals surface area (Å²) >= 11 is 1.55. The van der Waals surface area contributed by atoms with E-state index in [0.29, 0.717) is 17.8 Å². The molecule has 1 aliphatic rings. The van der Waals surface area contributed by atoms with E-state index in [-0.39, 0.29) is 17.6 Å². The van der Waals surface area contributed by atoms with Crippen LogP contribution in [0.15, 0.2) is 4.79 Å². The van der Waals surface area contributed by atoms with E-state index in [9.17, 15) is 4.79 Å². The zero-order chi connectivity index (χ0) is 13.7. The largest absolute Gasteiger partial charge is 0.373 e. The van der Waals surface area contributed by atoms with Crippen LogP contribution < -0.4 is 11.4 Å². The van der Waals surface area contributed by atoms with Crippen molar-refractivity contribution in [3.05, 3.63) is 26.6 Å². The Kier molecular flexibility index (Phi) is 2.87. The van der Waals surface area contributed by atoms with Gasteiger partial charge < -0.3 is 10.6 Å². The highest BCUT2D eigenvalue weighted by Gasteiger charge is 2.25. The zero-order valence-corrected chi connectivity index (χ0v) is 12.1. The van der Waals surface area contributed by atoms with Crippen LogP contribution in [0.3, 0.4) is 0 Å². The Bertz CT molecular complexity index is 702. The quantitative estimate of drug-likeness (QED) is 0.807. The normalized spacial score (nSPS) is 19.1. The average Bonchev–Trinajstić information content (AvgIpc) is 2.71. The van der Waals surface area contributed by atoms with Gasteiger partial charge in [-0.1, -0.05) is 13.8 Å². The lowest BCUT2D eigenvalue weighted by Crippen LogP contribution is -2.32. The van der Waals surface area contributed by atoms with Crippen LogP contribution in [0.2, 0.25) is 0 Å². The lowest BCUT2D eigenvalue weighted by Gasteiger charge is -2.19. The summed E-state index contributed by atoms with van der Waals surface area (Å²) in [6, 6.07) is 0. The fraction of sp³-hybridized carbons (Fsp3) is 0.538. The minimum atomic E-state index is -0.139. The summed E-state index contributed by atoms with van der Waals surface area (Å²) in [7, 11) is 0. The molecule has 0 aliphatic carbocycles. The van der Waals surface area contributed by atoms with Gasteiger partial charge in [0, 0.05) is 17.2 Å². The molecule has 6 heteroatoms. The maximum atomic E-state index is 12.5. The Hall–Kier alpha value is -1.40. The van der Waals surface area contributed by atoms with E-state index in [4.69, 9.17) is 10.6 Å². The van der Waals surface area contributed by atoms with Crippen molar-refractivity contribution < 1.29 is 4.74 Å². The Morgan fingerprint density at radius 2 is 2.26 bits per heavy atom. The number of hydrogen-bond donors (Lipinski definition) is 1. The van der Waals surface area contributed by atoms with Crippen molar-refractivity contribution in [2.45, 2.75) is 45.8 Å². The van der Waals surface area contributed by atoms with Crippen LogP contribution in [-0.4, -0.2) is 15.8 Å². The second-order valence-electron chi connectivity index (χ2n) is 5.31. The Labute approximate surface area is 115 Å². The maximum Gasteiger partial charge on any atom is 0.280 e. The second-order valence-corrected chi connectivity index (χ2v) is 6.39. The third-order valence-electron chi connectivity index (χ3n) is 3.47. The van der Waals surface area contributed by atoms with Crippen LogP contribution in [0.1, 0.15) is 43.0 Å². The molecule has 0 fully saturated rings. The highest BCUT2D eigenvalue weighted by atomic mass is 32.1. The average molecular weight is 279 g/mol. The van der Waals surface area contributed by atoms with Crippen LogP contribution in [0.25, 0.3) is 10.2 Å². The van der Waals surface area contributed by atoms with Gasteiger partial charge in [-0.05, 0) is 12.5 Å². The first-order valence-corrected chi connectivity index (χ1v) is 7.24. The number of fused-ring (bicyclic) bond motifs is 3. The second kappa shape index (κ2) is 4.31. The summed E-state index contributed by atoms with van der Waals surface area (Å²) in [5, 5.41) is 0.682. The van der Waals surface area contributed by atoms with E-state index in [1.165, 1.54) is 4.68 Å². The molecule has 3 heterocycles. The van der Waals surface area contributed by atoms with Gasteiger partial charge in [0.1, 0.15) is 10.7 Å². The molecule has 5 nitrogen and oxygen atoms in total. The van der Waals surface area contributed by atoms with Crippen molar-refractivity contribution >= 4 is 21.6 Å². The molecule has 0 unspecified atom stereocenters. The van der Waals surface area contributed by atoms with Crippen molar-refractivity contribution in [1.82, 2.24) is 9.66 Å². The lowest BCUT2D eigenvalue weighted by atomic mass is 10.0. The zero-order valence-electron chi connectivity index (χ0n) is 11.3. The number of ether oxygens (including phenoxy) is 1. The SMILES string of the molecule is CC(C)c1nc2sc3c(c2c(=O)n1N)C[C@@H](C)OC3. The minimum absolute atomic E-state index is 0.122. The fourth-order valence-corrected chi connectivity index (χ4v) is 3.60. The molecule has 0 saturated carbocycles. The molecule has 0 bridgehead atoms. The first-order chi connectivity index (χ1) is 8.99. The molecule has 1 atom stereocenters. The van der Waals surface area contributed by atoms with Crippen LogP contribution >= 0.6 is 11.3 Å². The lowest BCUT2D eigenvalue weighted by molar-refractivity contribution is 0.0437. The van der Waals surface area contributed by atoms with Crippen molar-refractivity contribution in [3.8, 4) is 0 Å². The number of nitrogens with zero attached hydrogens (tertiary/aromatic N) is 2. The van der Waals surface area contributed by atoms with Gasteiger partial charge in [0.25, 0.3) is 5.56 Å². The van der Waals surface area contributed by atoms with Crippen molar-refractivity contribution in [2.24, 2.45) is 0 Å². The van der Waals surface area contributed by atoms with Gasteiger partial charge in [-0.15, -0.1) is 11.3 Å². The van der Waals surface area contributed by atoms with Crippen LogP contribution in [0.4, 0.5) is 0 Å². The van der Waals surface area contributed by atoms with Crippen molar-refractivity contribution in [3.63, 3.8) is 0 Å². The molecule has 3 rings (SSSR count). The van der Waals surface area contributed by atoms with E-state index in [1.807, 2.05) is 20.8 Å². The molecule has 19 heavy (non-hydrogen) atoms.